The molecule has 2 atom stereocenters. The summed E-state index contributed by atoms with van der Waals surface area (Å²) < 4.78 is 0. The van der Waals surface area contributed by atoms with E-state index in [2.05, 4.69) is 51.7 Å². The smallest absolute Gasteiger partial charge is 0.234 e. The van der Waals surface area contributed by atoms with Gasteiger partial charge in [0.25, 0.3) is 0 Å². The van der Waals surface area contributed by atoms with Crippen LogP contribution in [0.3, 0.4) is 0 Å². The number of amides is 1. The summed E-state index contributed by atoms with van der Waals surface area (Å²) in [5.41, 5.74) is 2.33. The van der Waals surface area contributed by atoms with Crippen LogP contribution >= 0.6 is 11.3 Å². The van der Waals surface area contributed by atoms with E-state index in [1.807, 2.05) is 6.07 Å². The maximum absolute atomic E-state index is 12.5. The molecule has 2 unspecified atom stereocenters. The van der Waals surface area contributed by atoms with Crippen molar-refractivity contribution < 1.29 is 4.79 Å². The van der Waals surface area contributed by atoms with Crippen LogP contribution < -0.4 is 5.32 Å². The van der Waals surface area contributed by atoms with Crippen molar-refractivity contribution in [2.45, 2.75) is 45.2 Å². The molecule has 2 aliphatic rings. The van der Waals surface area contributed by atoms with Gasteiger partial charge in [0, 0.05) is 49.7 Å². The SMILES string of the molecule is CC1CCCCC1NC(=O)CN1CCN(Cc2csc(-c3ccccc3)n2)CC1. The zero-order valence-electron chi connectivity index (χ0n) is 17.3. The number of carbonyl (C=O) groups is 1. The van der Waals surface area contributed by atoms with Crippen LogP contribution in [-0.2, 0) is 11.3 Å². The fourth-order valence-electron chi connectivity index (χ4n) is 4.41. The Balaban J connectivity index is 1.21. The van der Waals surface area contributed by atoms with E-state index in [1.165, 1.54) is 24.8 Å². The number of thiazole rings is 1. The van der Waals surface area contributed by atoms with Gasteiger partial charge in [0.15, 0.2) is 0 Å². The minimum absolute atomic E-state index is 0.198. The molecule has 1 aromatic carbocycles. The van der Waals surface area contributed by atoms with E-state index in [9.17, 15) is 4.79 Å². The number of aromatic nitrogens is 1. The number of nitrogens with zero attached hydrogens (tertiary/aromatic N) is 3. The zero-order chi connectivity index (χ0) is 20.1. The minimum Gasteiger partial charge on any atom is -0.352 e. The van der Waals surface area contributed by atoms with E-state index in [0.29, 0.717) is 18.5 Å². The zero-order valence-corrected chi connectivity index (χ0v) is 18.2. The molecule has 1 saturated carbocycles. The first-order chi connectivity index (χ1) is 14.2. The summed E-state index contributed by atoms with van der Waals surface area (Å²) in [6.07, 6.45) is 4.93. The van der Waals surface area contributed by atoms with Crippen LogP contribution in [0.25, 0.3) is 10.6 Å². The van der Waals surface area contributed by atoms with Gasteiger partial charge in [0.1, 0.15) is 5.01 Å². The van der Waals surface area contributed by atoms with Crippen molar-refractivity contribution in [3.63, 3.8) is 0 Å². The fourth-order valence-corrected chi connectivity index (χ4v) is 5.23. The quantitative estimate of drug-likeness (QED) is 0.787. The van der Waals surface area contributed by atoms with E-state index >= 15 is 0 Å². The third kappa shape index (κ3) is 5.65. The van der Waals surface area contributed by atoms with Gasteiger partial charge < -0.3 is 5.32 Å². The number of nitrogens with one attached hydrogen (secondary N) is 1. The lowest BCUT2D eigenvalue weighted by atomic mass is 9.86. The van der Waals surface area contributed by atoms with Crippen LogP contribution in [-0.4, -0.2) is 59.5 Å². The molecular weight excluding hydrogens is 380 g/mol. The van der Waals surface area contributed by atoms with Crippen molar-refractivity contribution in [2.24, 2.45) is 5.92 Å². The van der Waals surface area contributed by atoms with Crippen molar-refractivity contribution in [1.29, 1.82) is 0 Å². The molecule has 0 spiro atoms. The molecular formula is C23H32N4OS. The van der Waals surface area contributed by atoms with Crippen LogP contribution in [0.1, 0.15) is 38.3 Å². The lowest BCUT2D eigenvalue weighted by molar-refractivity contribution is -0.124. The monoisotopic (exact) mass is 412 g/mol. The molecule has 5 nitrogen and oxygen atoms in total. The molecule has 1 aromatic heterocycles. The summed E-state index contributed by atoms with van der Waals surface area (Å²) in [7, 11) is 0. The molecule has 1 aliphatic heterocycles. The van der Waals surface area contributed by atoms with Gasteiger partial charge in [-0.3, -0.25) is 14.6 Å². The van der Waals surface area contributed by atoms with Gasteiger partial charge in [0.2, 0.25) is 5.91 Å². The van der Waals surface area contributed by atoms with Crippen LogP contribution in [0, 0.1) is 5.92 Å². The standard InChI is InChI=1S/C23H32N4OS/c1-18-7-5-6-10-21(18)25-22(28)16-27-13-11-26(12-14-27)15-20-17-29-23(24-20)19-8-3-2-4-9-19/h2-4,8-9,17-18,21H,5-7,10-16H2,1H3,(H,25,28). The van der Waals surface area contributed by atoms with Gasteiger partial charge in [-0.05, 0) is 18.8 Å². The predicted molar refractivity (Wildman–Crippen MR) is 119 cm³/mol. The van der Waals surface area contributed by atoms with Crippen molar-refractivity contribution in [3.8, 4) is 10.6 Å². The lowest BCUT2D eigenvalue weighted by Gasteiger charge is -2.35. The molecule has 2 aromatic rings. The average molecular weight is 413 g/mol. The molecule has 0 radical (unpaired) electrons. The Morgan fingerprint density at radius 2 is 1.83 bits per heavy atom. The summed E-state index contributed by atoms with van der Waals surface area (Å²) in [4.78, 5) is 22.0. The van der Waals surface area contributed by atoms with Gasteiger partial charge in [-0.2, -0.15) is 0 Å². The number of rotatable bonds is 6. The highest BCUT2D eigenvalue weighted by Gasteiger charge is 2.25. The van der Waals surface area contributed by atoms with E-state index < -0.39 is 0 Å². The summed E-state index contributed by atoms with van der Waals surface area (Å²) in [5, 5.41) is 6.55. The van der Waals surface area contributed by atoms with Crippen LogP contribution in [0.5, 0.6) is 0 Å². The molecule has 29 heavy (non-hydrogen) atoms. The first-order valence-corrected chi connectivity index (χ1v) is 11.8. The second kappa shape index (κ2) is 9.83. The van der Waals surface area contributed by atoms with Crippen molar-refractivity contribution in [2.75, 3.05) is 32.7 Å². The molecule has 2 heterocycles. The van der Waals surface area contributed by atoms with Crippen molar-refractivity contribution in [1.82, 2.24) is 20.1 Å². The lowest BCUT2D eigenvalue weighted by Crippen LogP contribution is -2.51. The number of hydrogen-bond donors (Lipinski definition) is 1. The van der Waals surface area contributed by atoms with Gasteiger partial charge in [-0.1, -0.05) is 50.1 Å². The normalized spacial score (nSPS) is 23.8. The summed E-state index contributed by atoms with van der Waals surface area (Å²) >= 11 is 1.72. The summed E-state index contributed by atoms with van der Waals surface area (Å²) in [5.74, 6) is 0.813. The molecule has 6 heteroatoms. The molecule has 4 rings (SSSR count). The Morgan fingerprint density at radius 1 is 1.10 bits per heavy atom. The molecule has 1 aliphatic carbocycles. The fraction of sp³-hybridized carbons (Fsp3) is 0.565. The van der Waals surface area contributed by atoms with Gasteiger partial charge >= 0.3 is 0 Å². The summed E-state index contributed by atoms with van der Waals surface area (Å²) in [6.45, 7) is 7.57. The number of piperazine rings is 1. The second-order valence-electron chi connectivity index (χ2n) is 8.50. The minimum atomic E-state index is 0.198. The third-order valence-corrected chi connectivity index (χ3v) is 7.19. The second-order valence-corrected chi connectivity index (χ2v) is 9.36. The Kier molecular flexibility index (Phi) is 6.95. The Morgan fingerprint density at radius 3 is 2.59 bits per heavy atom. The highest BCUT2D eigenvalue weighted by atomic mass is 32.1. The molecule has 1 N–H and O–H groups in total. The predicted octanol–water partition coefficient (Wildman–Crippen LogP) is 3.62. The van der Waals surface area contributed by atoms with Crippen LogP contribution in [0.4, 0.5) is 0 Å². The molecule has 156 valence electrons. The van der Waals surface area contributed by atoms with E-state index in [4.69, 9.17) is 4.98 Å². The summed E-state index contributed by atoms with van der Waals surface area (Å²) in [6, 6.07) is 10.7. The van der Waals surface area contributed by atoms with Gasteiger partial charge in [-0.15, -0.1) is 11.3 Å². The van der Waals surface area contributed by atoms with Gasteiger partial charge in [0.05, 0.1) is 12.2 Å². The van der Waals surface area contributed by atoms with E-state index in [-0.39, 0.29) is 5.91 Å². The largest absolute Gasteiger partial charge is 0.352 e. The Hall–Kier alpha value is -1.76. The number of hydrogen-bond acceptors (Lipinski definition) is 5. The van der Waals surface area contributed by atoms with Crippen LogP contribution in [0.15, 0.2) is 35.7 Å². The maximum Gasteiger partial charge on any atom is 0.234 e. The Labute approximate surface area is 178 Å². The number of carbonyl (C=O) groups excluding carboxylic acids is 1. The Bertz CT molecular complexity index is 785. The molecule has 2 fully saturated rings. The topological polar surface area (TPSA) is 48.5 Å². The number of benzene rings is 1. The third-order valence-electron chi connectivity index (χ3n) is 6.25. The maximum atomic E-state index is 12.5. The average Bonchev–Trinajstić information content (AvgIpc) is 3.20. The molecule has 1 amide bonds. The molecule has 1 saturated heterocycles. The molecule has 0 bridgehead atoms. The first kappa shape index (κ1) is 20.5. The van der Waals surface area contributed by atoms with Gasteiger partial charge in [-0.25, -0.2) is 4.98 Å². The van der Waals surface area contributed by atoms with Crippen molar-refractivity contribution in [3.05, 3.63) is 41.4 Å². The highest BCUT2D eigenvalue weighted by molar-refractivity contribution is 7.13. The van der Waals surface area contributed by atoms with E-state index in [0.717, 1.165) is 49.8 Å². The van der Waals surface area contributed by atoms with Crippen LogP contribution in [0.2, 0.25) is 0 Å². The van der Waals surface area contributed by atoms with Crippen molar-refractivity contribution >= 4 is 17.2 Å². The highest BCUT2D eigenvalue weighted by Crippen LogP contribution is 2.25. The van der Waals surface area contributed by atoms with E-state index in [1.54, 1.807) is 11.3 Å². The first-order valence-electron chi connectivity index (χ1n) is 10.9.